The van der Waals surface area contributed by atoms with E-state index in [1.807, 2.05) is 13.8 Å². The van der Waals surface area contributed by atoms with Crippen LogP contribution < -0.4 is 5.32 Å². The molecule has 0 aromatic rings. The van der Waals surface area contributed by atoms with E-state index in [9.17, 15) is 0 Å². The van der Waals surface area contributed by atoms with Gasteiger partial charge in [-0.3, -0.25) is 5.32 Å². The largest absolute Gasteiger partial charge is 0.395 e. The molecule has 0 bridgehead atoms. The van der Waals surface area contributed by atoms with Crippen LogP contribution in [0.1, 0.15) is 13.8 Å². The fraction of sp³-hybridized carbons (Fsp3) is 1.00. The fourth-order valence-corrected chi connectivity index (χ4v) is 0.852. The van der Waals surface area contributed by atoms with Crippen molar-refractivity contribution in [3.8, 4) is 0 Å². The normalized spacial score (nSPS) is 31.4. The molecule has 1 aliphatic heterocycles. The molecule has 4 heteroatoms. The zero-order valence-corrected chi connectivity index (χ0v) is 6.96. The van der Waals surface area contributed by atoms with E-state index >= 15 is 0 Å². The highest BCUT2D eigenvalue weighted by molar-refractivity contribution is 4.68. The van der Waals surface area contributed by atoms with E-state index in [2.05, 4.69) is 5.32 Å². The Morgan fingerprint density at radius 1 is 1.55 bits per heavy atom. The zero-order valence-electron chi connectivity index (χ0n) is 6.96. The van der Waals surface area contributed by atoms with Crippen molar-refractivity contribution in [1.82, 2.24) is 5.32 Å². The number of hydrogen-bond donors (Lipinski definition) is 2. The van der Waals surface area contributed by atoms with Crippen molar-refractivity contribution >= 4 is 0 Å². The lowest BCUT2D eigenvalue weighted by atomic mass is 10.3. The SMILES string of the molecule is CC1(C)OCNC(CO)CO1. The summed E-state index contributed by atoms with van der Waals surface area (Å²) < 4.78 is 10.6. The Balaban J connectivity index is 2.39. The van der Waals surface area contributed by atoms with Crippen LogP contribution in [0.5, 0.6) is 0 Å². The number of ether oxygens (including phenoxy) is 2. The van der Waals surface area contributed by atoms with Crippen LogP contribution in [-0.2, 0) is 9.47 Å². The molecule has 0 aromatic carbocycles. The van der Waals surface area contributed by atoms with Gasteiger partial charge in [0, 0.05) is 0 Å². The lowest BCUT2D eigenvalue weighted by Crippen LogP contribution is -2.35. The number of nitrogens with one attached hydrogen (secondary N) is 1. The van der Waals surface area contributed by atoms with Gasteiger partial charge in [0.15, 0.2) is 5.79 Å². The van der Waals surface area contributed by atoms with Crippen LogP contribution >= 0.6 is 0 Å². The van der Waals surface area contributed by atoms with Crippen LogP contribution in [0.25, 0.3) is 0 Å². The average Bonchev–Trinajstić information content (AvgIpc) is 2.10. The van der Waals surface area contributed by atoms with Gasteiger partial charge in [-0.15, -0.1) is 0 Å². The molecule has 0 spiro atoms. The summed E-state index contributed by atoms with van der Waals surface area (Å²) in [6.07, 6.45) is 0. The van der Waals surface area contributed by atoms with Gasteiger partial charge < -0.3 is 14.6 Å². The molecule has 1 fully saturated rings. The molecule has 1 saturated heterocycles. The number of rotatable bonds is 1. The van der Waals surface area contributed by atoms with Crippen molar-refractivity contribution in [2.75, 3.05) is 19.9 Å². The molecule has 11 heavy (non-hydrogen) atoms. The Hall–Kier alpha value is -0.160. The van der Waals surface area contributed by atoms with Crippen LogP contribution in [-0.4, -0.2) is 36.9 Å². The van der Waals surface area contributed by atoms with Crippen molar-refractivity contribution in [2.45, 2.75) is 25.7 Å². The van der Waals surface area contributed by atoms with Gasteiger partial charge in [-0.1, -0.05) is 0 Å². The van der Waals surface area contributed by atoms with Crippen molar-refractivity contribution in [3.63, 3.8) is 0 Å². The van der Waals surface area contributed by atoms with Gasteiger partial charge in [0.25, 0.3) is 0 Å². The molecule has 0 radical (unpaired) electrons. The molecular weight excluding hydrogens is 146 g/mol. The zero-order chi connectivity index (χ0) is 8.32. The molecule has 0 amide bonds. The predicted molar refractivity (Wildman–Crippen MR) is 40.0 cm³/mol. The molecular formula is C7H15NO3. The molecule has 0 aliphatic carbocycles. The lowest BCUT2D eigenvalue weighted by molar-refractivity contribution is -0.201. The summed E-state index contributed by atoms with van der Waals surface area (Å²) >= 11 is 0. The Morgan fingerprint density at radius 2 is 2.27 bits per heavy atom. The van der Waals surface area contributed by atoms with E-state index in [4.69, 9.17) is 14.6 Å². The second-order valence-corrected chi connectivity index (χ2v) is 3.08. The van der Waals surface area contributed by atoms with E-state index in [1.165, 1.54) is 0 Å². The molecule has 66 valence electrons. The summed E-state index contributed by atoms with van der Waals surface area (Å²) in [6, 6.07) is -0.00299. The molecule has 1 heterocycles. The Morgan fingerprint density at radius 3 is 2.91 bits per heavy atom. The second-order valence-electron chi connectivity index (χ2n) is 3.08. The summed E-state index contributed by atoms with van der Waals surface area (Å²) in [7, 11) is 0. The smallest absolute Gasteiger partial charge is 0.164 e. The molecule has 4 nitrogen and oxygen atoms in total. The maximum absolute atomic E-state index is 8.79. The van der Waals surface area contributed by atoms with Crippen LogP contribution in [0.4, 0.5) is 0 Å². The maximum Gasteiger partial charge on any atom is 0.164 e. The Kier molecular flexibility index (Phi) is 2.84. The third-order valence-electron chi connectivity index (χ3n) is 1.64. The summed E-state index contributed by atoms with van der Waals surface area (Å²) in [4.78, 5) is 0. The molecule has 1 aliphatic rings. The molecule has 1 rings (SSSR count). The fourth-order valence-electron chi connectivity index (χ4n) is 0.852. The minimum Gasteiger partial charge on any atom is -0.395 e. The third kappa shape index (κ3) is 2.75. The van der Waals surface area contributed by atoms with Gasteiger partial charge in [-0.05, 0) is 13.8 Å². The molecule has 1 unspecified atom stereocenters. The van der Waals surface area contributed by atoms with Crippen LogP contribution in [0, 0.1) is 0 Å². The minimum atomic E-state index is -0.531. The van der Waals surface area contributed by atoms with Gasteiger partial charge in [0.2, 0.25) is 0 Å². The van der Waals surface area contributed by atoms with Gasteiger partial charge >= 0.3 is 0 Å². The van der Waals surface area contributed by atoms with Crippen molar-refractivity contribution in [3.05, 3.63) is 0 Å². The third-order valence-corrected chi connectivity index (χ3v) is 1.64. The highest BCUT2D eigenvalue weighted by Gasteiger charge is 2.24. The Labute approximate surface area is 66.5 Å². The second kappa shape index (κ2) is 3.49. The number of hydrogen-bond acceptors (Lipinski definition) is 4. The summed E-state index contributed by atoms with van der Waals surface area (Å²) in [6.45, 7) is 4.71. The standard InChI is InChI=1S/C7H15NO3/c1-7(2)10-4-6(3-9)8-5-11-7/h6,8-9H,3-5H2,1-2H3. The first kappa shape index (κ1) is 8.93. The van der Waals surface area contributed by atoms with Crippen LogP contribution in [0.2, 0.25) is 0 Å². The van der Waals surface area contributed by atoms with Gasteiger partial charge in [0.1, 0.15) is 6.73 Å². The number of aliphatic hydroxyl groups excluding tert-OH is 1. The van der Waals surface area contributed by atoms with Crippen molar-refractivity contribution in [1.29, 1.82) is 0 Å². The van der Waals surface area contributed by atoms with Crippen molar-refractivity contribution < 1.29 is 14.6 Å². The Bertz CT molecular complexity index is 127. The highest BCUT2D eigenvalue weighted by atomic mass is 16.7. The summed E-state index contributed by atoms with van der Waals surface area (Å²) in [5, 5.41) is 11.8. The van der Waals surface area contributed by atoms with Gasteiger partial charge in [-0.25, -0.2) is 0 Å². The van der Waals surface area contributed by atoms with Gasteiger partial charge in [-0.2, -0.15) is 0 Å². The minimum absolute atomic E-state index is 0.00299. The molecule has 1 atom stereocenters. The first-order valence-electron chi connectivity index (χ1n) is 3.76. The van der Waals surface area contributed by atoms with E-state index in [0.717, 1.165) is 0 Å². The first-order valence-corrected chi connectivity index (χ1v) is 3.76. The average molecular weight is 161 g/mol. The monoisotopic (exact) mass is 161 g/mol. The predicted octanol–water partition coefficient (Wildman–Crippen LogP) is -0.323. The maximum atomic E-state index is 8.79. The summed E-state index contributed by atoms with van der Waals surface area (Å²) in [5.74, 6) is -0.531. The quantitative estimate of drug-likeness (QED) is 0.553. The van der Waals surface area contributed by atoms with E-state index in [0.29, 0.717) is 13.3 Å². The molecule has 2 N–H and O–H groups in total. The van der Waals surface area contributed by atoms with Crippen molar-refractivity contribution in [2.24, 2.45) is 0 Å². The van der Waals surface area contributed by atoms with E-state index < -0.39 is 5.79 Å². The highest BCUT2D eigenvalue weighted by Crippen LogP contribution is 2.13. The van der Waals surface area contributed by atoms with Crippen LogP contribution in [0.3, 0.4) is 0 Å². The van der Waals surface area contributed by atoms with E-state index in [-0.39, 0.29) is 12.6 Å². The molecule has 0 saturated carbocycles. The van der Waals surface area contributed by atoms with Gasteiger partial charge in [0.05, 0.1) is 19.3 Å². The lowest BCUT2D eigenvalue weighted by Gasteiger charge is -2.22. The number of aliphatic hydroxyl groups is 1. The topological polar surface area (TPSA) is 50.7 Å². The molecule has 0 aromatic heterocycles. The van der Waals surface area contributed by atoms with E-state index in [1.54, 1.807) is 0 Å². The van der Waals surface area contributed by atoms with Crippen LogP contribution in [0.15, 0.2) is 0 Å². The first-order chi connectivity index (χ1) is 5.14. The summed E-state index contributed by atoms with van der Waals surface area (Å²) in [5.41, 5.74) is 0.